The van der Waals surface area contributed by atoms with Gasteiger partial charge in [0.25, 0.3) is 0 Å². The van der Waals surface area contributed by atoms with Gasteiger partial charge in [0.2, 0.25) is 47.3 Å². The first-order valence-electron chi connectivity index (χ1n) is 19.9. The van der Waals surface area contributed by atoms with Crippen LogP contribution in [0.25, 0.3) is 0 Å². The van der Waals surface area contributed by atoms with E-state index in [0.717, 1.165) is 0 Å². The van der Waals surface area contributed by atoms with E-state index in [9.17, 15) is 53.7 Å². The lowest BCUT2D eigenvalue weighted by atomic mass is 10.0. The summed E-state index contributed by atoms with van der Waals surface area (Å²) in [4.78, 5) is 114. The zero-order valence-corrected chi connectivity index (χ0v) is 32.4. The molecule has 8 amide bonds. The molecule has 4 aliphatic heterocycles. The summed E-state index contributed by atoms with van der Waals surface area (Å²) in [5, 5.41) is 42.6. The molecule has 2 aromatic rings. The number of phenolic OH excluding ortho intramolecular Hbond substituents is 2. The molecule has 6 unspecified atom stereocenters. The van der Waals surface area contributed by atoms with Crippen LogP contribution in [0.4, 0.5) is 0 Å². The van der Waals surface area contributed by atoms with Crippen molar-refractivity contribution < 1.29 is 53.7 Å². The number of amides is 8. The highest BCUT2D eigenvalue weighted by molar-refractivity contribution is 5.98. The summed E-state index contributed by atoms with van der Waals surface area (Å²) >= 11 is 0. The summed E-state index contributed by atoms with van der Waals surface area (Å²) in [6.45, 7) is -1.46. The van der Waals surface area contributed by atoms with Crippen molar-refractivity contribution in [2.75, 3.05) is 39.3 Å². The smallest absolute Gasteiger partial charge is 0.248 e. The fraction of sp³-hybridized carbons (Fsp3) is 0.500. The second kappa shape index (κ2) is 19.0. The Hall–Kier alpha value is -6.24. The van der Waals surface area contributed by atoms with Gasteiger partial charge in [0.1, 0.15) is 47.8 Å². The molecule has 316 valence electrons. The van der Waals surface area contributed by atoms with Gasteiger partial charge < -0.3 is 56.6 Å². The highest BCUT2D eigenvalue weighted by Crippen LogP contribution is 2.27. The predicted octanol–water partition coefficient (Wildman–Crippen LogP) is -2.45. The van der Waals surface area contributed by atoms with E-state index in [1.807, 2.05) is 0 Å². The third kappa shape index (κ3) is 10.3. The molecule has 4 fully saturated rings. The van der Waals surface area contributed by atoms with Crippen LogP contribution in [-0.4, -0.2) is 153 Å². The van der Waals surface area contributed by atoms with Crippen molar-refractivity contribution in [3.63, 3.8) is 0 Å². The largest absolute Gasteiger partial charge is 0.508 e. The number of phenols is 2. The van der Waals surface area contributed by atoms with Gasteiger partial charge >= 0.3 is 0 Å². The zero-order valence-electron chi connectivity index (χ0n) is 32.4. The summed E-state index contributed by atoms with van der Waals surface area (Å²) < 4.78 is 0. The van der Waals surface area contributed by atoms with Crippen LogP contribution in [0.5, 0.6) is 11.5 Å². The average molecular weight is 819 g/mol. The topological polar surface area (TPSA) is 267 Å². The third-order valence-electron chi connectivity index (χ3n) is 11.2. The summed E-state index contributed by atoms with van der Waals surface area (Å²) in [6.07, 6.45) is 2.07. The number of aliphatic hydroxyl groups excluding tert-OH is 1. The van der Waals surface area contributed by atoms with Crippen LogP contribution in [0.1, 0.15) is 49.7 Å². The lowest BCUT2D eigenvalue weighted by Gasteiger charge is -2.33. The molecule has 0 spiro atoms. The van der Waals surface area contributed by atoms with Gasteiger partial charge in [0, 0.05) is 32.5 Å². The molecule has 0 aliphatic carbocycles. The van der Waals surface area contributed by atoms with E-state index in [4.69, 9.17) is 0 Å². The van der Waals surface area contributed by atoms with E-state index in [1.54, 1.807) is 24.3 Å². The Bertz CT molecular complexity index is 1930. The number of nitrogens with one attached hydrogen (secondary N) is 5. The molecule has 4 aliphatic rings. The second-order valence-electron chi connectivity index (χ2n) is 15.2. The molecule has 4 heterocycles. The Kier molecular flexibility index (Phi) is 13.7. The molecule has 4 saturated heterocycles. The van der Waals surface area contributed by atoms with E-state index < -0.39 is 103 Å². The van der Waals surface area contributed by atoms with E-state index in [2.05, 4.69) is 26.6 Å². The van der Waals surface area contributed by atoms with E-state index in [-0.39, 0.29) is 50.4 Å². The Morgan fingerprint density at radius 1 is 0.492 bits per heavy atom. The molecular formula is C40H50N8O11. The summed E-state index contributed by atoms with van der Waals surface area (Å²) in [6, 6.07) is 5.04. The van der Waals surface area contributed by atoms with Crippen LogP contribution in [0.3, 0.4) is 0 Å². The number of aliphatic hydroxyl groups is 1. The molecule has 59 heavy (non-hydrogen) atoms. The number of hydrogen-bond acceptors (Lipinski definition) is 11. The van der Waals surface area contributed by atoms with Gasteiger partial charge in [-0.25, -0.2) is 0 Å². The van der Waals surface area contributed by atoms with Crippen molar-refractivity contribution in [3.8, 4) is 11.5 Å². The SMILES string of the molecule is O=C1CNC(=O)C2CCCN2C(=O)C2CCCN2C(=O)C(Cc2ccc(O)cc2)NC(=O)CNC(=O)C(Cc2ccc(O)cc2)NC(=O)C2CCCN2C(=O)C(CO)N1. The Morgan fingerprint density at radius 3 is 1.46 bits per heavy atom. The number of hydrogen-bond donors (Lipinski definition) is 8. The van der Waals surface area contributed by atoms with Crippen LogP contribution >= 0.6 is 0 Å². The highest BCUT2D eigenvalue weighted by Gasteiger charge is 2.44. The third-order valence-corrected chi connectivity index (χ3v) is 11.2. The first-order chi connectivity index (χ1) is 28.3. The summed E-state index contributed by atoms with van der Waals surface area (Å²) in [5.41, 5.74) is 1.13. The second-order valence-corrected chi connectivity index (χ2v) is 15.2. The number of benzene rings is 2. The van der Waals surface area contributed by atoms with Crippen molar-refractivity contribution >= 4 is 47.3 Å². The molecule has 0 saturated carbocycles. The zero-order chi connectivity index (χ0) is 42.2. The van der Waals surface area contributed by atoms with Crippen molar-refractivity contribution in [3.05, 3.63) is 59.7 Å². The molecular weight excluding hydrogens is 768 g/mol. The Balaban J connectivity index is 1.29. The minimum atomic E-state index is -1.46. The fourth-order valence-electron chi connectivity index (χ4n) is 8.15. The van der Waals surface area contributed by atoms with Crippen molar-refractivity contribution in [1.29, 1.82) is 0 Å². The van der Waals surface area contributed by atoms with Crippen molar-refractivity contribution in [2.45, 2.75) is 87.6 Å². The number of aromatic hydroxyl groups is 2. The van der Waals surface area contributed by atoms with Crippen LogP contribution < -0.4 is 26.6 Å². The number of fused-ring (bicyclic) bond motifs is 3. The number of rotatable bonds is 5. The minimum absolute atomic E-state index is 0.00822. The van der Waals surface area contributed by atoms with Crippen LogP contribution in [-0.2, 0) is 51.2 Å². The van der Waals surface area contributed by atoms with Gasteiger partial charge in [0.05, 0.1) is 19.7 Å². The molecule has 0 radical (unpaired) electrons. The van der Waals surface area contributed by atoms with E-state index >= 15 is 0 Å². The van der Waals surface area contributed by atoms with E-state index in [0.29, 0.717) is 43.2 Å². The minimum Gasteiger partial charge on any atom is -0.508 e. The van der Waals surface area contributed by atoms with Crippen LogP contribution in [0, 0.1) is 0 Å². The normalized spacial score (nSPS) is 26.8. The van der Waals surface area contributed by atoms with Gasteiger partial charge in [0.15, 0.2) is 0 Å². The first-order valence-corrected chi connectivity index (χ1v) is 19.9. The van der Waals surface area contributed by atoms with Gasteiger partial charge in [-0.15, -0.1) is 0 Å². The molecule has 6 atom stereocenters. The maximum absolute atomic E-state index is 14.3. The van der Waals surface area contributed by atoms with Gasteiger partial charge in [-0.2, -0.15) is 0 Å². The monoisotopic (exact) mass is 818 g/mol. The van der Waals surface area contributed by atoms with Crippen molar-refractivity contribution in [1.82, 2.24) is 41.3 Å². The van der Waals surface area contributed by atoms with Crippen LogP contribution in [0.15, 0.2) is 48.5 Å². The standard InChI is InChI=1S/C40H50N8O11/c49-22-29-39(58)46-15-2-5-31(46)37(56)45-27(18-23-7-11-25(50)12-8-23)35(54)41-20-33(52)43-28(19-24-9-13-26(51)14-10-24)38(57)48-17-3-6-32(48)40(59)47-16-1-4-30(47)36(55)42-21-34(53)44-29/h7-14,27-32,49-51H,1-6,15-22H2,(H,41,54)(H,42,55)(H,43,52)(H,44,53)(H,45,56). The maximum atomic E-state index is 14.3. The van der Waals surface area contributed by atoms with E-state index in [1.165, 1.54) is 39.0 Å². The fourth-order valence-corrected chi connectivity index (χ4v) is 8.15. The Labute approximate surface area is 339 Å². The molecule has 19 heteroatoms. The number of carbonyl (C=O) groups excluding carboxylic acids is 8. The lowest BCUT2D eigenvalue weighted by Crippen LogP contribution is -2.59. The van der Waals surface area contributed by atoms with Gasteiger partial charge in [-0.3, -0.25) is 38.4 Å². The molecule has 6 rings (SSSR count). The first kappa shape index (κ1) is 42.4. The van der Waals surface area contributed by atoms with Crippen LogP contribution in [0.2, 0.25) is 0 Å². The number of nitrogens with zero attached hydrogens (tertiary/aromatic N) is 3. The van der Waals surface area contributed by atoms with Crippen molar-refractivity contribution in [2.24, 2.45) is 0 Å². The highest BCUT2D eigenvalue weighted by atomic mass is 16.3. The maximum Gasteiger partial charge on any atom is 0.248 e. The van der Waals surface area contributed by atoms with Gasteiger partial charge in [-0.1, -0.05) is 24.3 Å². The molecule has 8 N–H and O–H groups in total. The lowest BCUT2D eigenvalue weighted by molar-refractivity contribution is -0.148. The summed E-state index contributed by atoms with van der Waals surface area (Å²) in [5.74, 6) is -5.41. The van der Waals surface area contributed by atoms with Gasteiger partial charge in [-0.05, 0) is 73.9 Å². The summed E-state index contributed by atoms with van der Waals surface area (Å²) in [7, 11) is 0. The molecule has 19 nitrogen and oxygen atoms in total. The Morgan fingerprint density at radius 2 is 0.915 bits per heavy atom. The quantitative estimate of drug-likeness (QED) is 0.157. The molecule has 2 aromatic carbocycles. The predicted molar refractivity (Wildman–Crippen MR) is 207 cm³/mol. The average Bonchev–Trinajstić information content (AvgIpc) is 4.03. The number of carbonyl (C=O) groups is 8. The molecule has 0 bridgehead atoms. The molecule has 0 aromatic heterocycles.